The summed E-state index contributed by atoms with van der Waals surface area (Å²) >= 11 is 0. The van der Waals surface area contributed by atoms with E-state index in [1.54, 1.807) is 6.07 Å². The lowest BCUT2D eigenvalue weighted by Crippen LogP contribution is -2.29. The van der Waals surface area contributed by atoms with Crippen LogP contribution in [0, 0.1) is 5.21 Å². The second-order valence-electron chi connectivity index (χ2n) is 5.45. The second kappa shape index (κ2) is 6.35. The summed E-state index contributed by atoms with van der Waals surface area (Å²) in [4.78, 5) is 0. The molecule has 1 heterocycles. The van der Waals surface area contributed by atoms with Gasteiger partial charge in [0.05, 0.1) is 5.56 Å². The first-order valence-electron chi connectivity index (χ1n) is 7.38. The summed E-state index contributed by atoms with van der Waals surface area (Å²) in [7, 11) is 0. The summed E-state index contributed by atoms with van der Waals surface area (Å²) in [5.41, 5.74) is 1.89. The molecule has 122 valence electrons. The fourth-order valence-electron chi connectivity index (χ4n) is 2.62. The van der Waals surface area contributed by atoms with Gasteiger partial charge in [-0.15, -0.1) is 0 Å². The Balaban J connectivity index is 2.01. The van der Waals surface area contributed by atoms with E-state index in [0.29, 0.717) is 22.4 Å². The Bertz CT molecular complexity index is 827. The van der Waals surface area contributed by atoms with Crippen molar-refractivity contribution in [2.45, 2.75) is 12.6 Å². The van der Waals surface area contributed by atoms with E-state index in [1.807, 2.05) is 36.4 Å². The highest BCUT2D eigenvalue weighted by molar-refractivity contribution is 5.61. The fraction of sp³-hybridized carbons (Fsp3) is 0.105. The molecule has 0 fully saturated rings. The minimum atomic E-state index is -4.39. The van der Waals surface area contributed by atoms with Crippen molar-refractivity contribution in [1.82, 2.24) is 0 Å². The highest BCUT2D eigenvalue weighted by atomic mass is 19.4. The van der Waals surface area contributed by atoms with Crippen LogP contribution in [0.15, 0.2) is 72.9 Å². The predicted molar refractivity (Wildman–Crippen MR) is 85.1 cm³/mol. The van der Waals surface area contributed by atoms with Gasteiger partial charge in [0.25, 0.3) is 0 Å². The third kappa shape index (κ3) is 3.40. The van der Waals surface area contributed by atoms with Crippen molar-refractivity contribution in [1.29, 1.82) is 0 Å². The number of aromatic nitrogens is 1. The van der Waals surface area contributed by atoms with Crippen molar-refractivity contribution in [2.24, 2.45) is 0 Å². The van der Waals surface area contributed by atoms with Crippen molar-refractivity contribution < 1.29 is 17.9 Å². The number of alkyl halides is 3. The van der Waals surface area contributed by atoms with Gasteiger partial charge in [0.1, 0.15) is 0 Å². The molecule has 0 atom stereocenters. The van der Waals surface area contributed by atoms with Gasteiger partial charge in [0.15, 0.2) is 6.20 Å². The number of rotatable bonds is 3. The summed E-state index contributed by atoms with van der Waals surface area (Å²) in [6.07, 6.45) is -2.52. The first-order chi connectivity index (χ1) is 11.4. The molecule has 3 aromatic rings. The SMILES string of the molecule is [O-][n+]1cccc(Cc2ccccc2)c1-c1ccc(C(F)(F)F)cc1. The molecule has 1 aromatic heterocycles. The number of pyridine rings is 1. The van der Waals surface area contributed by atoms with E-state index < -0.39 is 11.7 Å². The van der Waals surface area contributed by atoms with Crippen molar-refractivity contribution in [2.75, 3.05) is 0 Å². The highest BCUT2D eigenvalue weighted by Crippen LogP contribution is 2.31. The van der Waals surface area contributed by atoms with Gasteiger partial charge in [0, 0.05) is 23.6 Å². The van der Waals surface area contributed by atoms with Crippen LogP contribution in [0.3, 0.4) is 0 Å². The molecule has 0 unspecified atom stereocenters. The normalized spacial score (nSPS) is 11.5. The van der Waals surface area contributed by atoms with Crippen molar-refractivity contribution in [3.63, 3.8) is 0 Å². The van der Waals surface area contributed by atoms with Crippen LogP contribution in [-0.4, -0.2) is 0 Å². The average molecular weight is 329 g/mol. The van der Waals surface area contributed by atoms with Gasteiger partial charge in [0.2, 0.25) is 5.69 Å². The molecule has 0 saturated heterocycles. The first kappa shape index (κ1) is 16.1. The largest absolute Gasteiger partial charge is 0.618 e. The smallest absolute Gasteiger partial charge is 0.416 e. The molecule has 0 aliphatic heterocycles. The lowest BCUT2D eigenvalue weighted by molar-refractivity contribution is -0.594. The van der Waals surface area contributed by atoms with Crippen LogP contribution in [0.4, 0.5) is 13.2 Å². The van der Waals surface area contributed by atoms with Gasteiger partial charge < -0.3 is 5.21 Å². The van der Waals surface area contributed by atoms with E-state index in [1.165, 1.54) is 18.3 Å². The van der Waals surface area contributed by atoms with Crippen LogP contribution >= 0.6 is 0 Å². The summed E-state index contributed by atoms with van der Waals surface area (Å²) in [6, 6.07) is 17.7. The molecule has 2 aromatic carbocycles. The maximum Gasteiger partial charge on any atom is 0.416 e. The molecule has 0 saturated carbocycles. The quantitative estimate of drug-likeness (QED) is 0.510. The van der Waals surface area contributed by atoms with Crippen molar-refractivity contribution in [3.8, 4) is 11.3 Å². The third-order valence-electron chi connectivity index (χ3n) is 3.77. The van der Waals surface area contributed by atoms with Crippen LogP contribution in [-0.2, 0) is 12.6 Å². The van der Waals surface area contributed by atoms with E-state index in [-0.39, 0.29) is 0 Å². The zero-order chi connectivity index (χ0) is 17.2. The maximum absolute atomic E-state index is 12.7. The van der Waals surface area contributed by atoms with Gasteiger partial charge >= 0.3 is 6.18 Å². The molecule has 0 spiro atoms. The third-order valence-corrected chi connectivity index (χ3v) is 3.77. The highest BCUT2D eigenvalue weighted by Gasteiger charge is 2.30. The number of nitrogens with zero attached hydrogens (tertiary/aromatic N) is 1. The lowest BCUT2D eigenvalue weighted by Gasteiger charge is -2.11. The standard InChI is InChI=1S/C19H14F3NO/c20-19(21,22)17-10-8-15(9-11-17)18-16(7-4-12-23(18)24)13-14-5-2-1-3-6-14/h1-12H,13H2. The Morgan fingerprint density at radius 2 is 1.50 bits per heavy atom. The van der Waals surface area contributed by atoms with E-state index >= 15 is 0 Å². The number of hydrogen-bond acceptors (Lipinski definition) is 1. The average Bonchev–Trinajstić information content (AvgIpc) is 2.55. The Hall–Kier alpha value is -2.82. The Morgan fingerprint density at radius 3 is 2.12 bits per heavy atom. The number of halogens is 3. The van der Waals surface area contributed by atoms with Gasteiger partial charge in [-0.3, -0.25) is 0 Å². The Kier molecular flexibility index (Phi) is 4.25. The molecular formula is C19H14F3NO. The summed E-state index contributed by atoms with van der Waals surface area (Å²) in [5.74, 6) is 0. The van der Waals surface area contributed by atoms with E-state index in [2.05, 4.69) is 0 Å². The minimum Gasteiger partial charge on any atom is -0.618 e. The van der Waals surface area contributed by atoms with Crippen LogP contribution in [0.25, 0.3) is 11.3 Å². The lowest BCUT2D eigenvalue weighted by atomic mass is 9.98. The first-order valence-corrected chi connectivity index (χ1v) is 7.38. The maximum atomic E-state index is 12.7. The summed E-state index contributed by atoms with van der Waals surface area (Å²) in [5, 5.41) is 12.2. The fourth-order valence-corrected chi connectivity index (χ4v) is 2.62. The molecule has 0 radical (unpaired) electrons. The van der Waals surface area contributed by atoms with Gasteiger partial charge in [-0.2, -0.15) is 17.9 Å². The van der Waals surface area contributed by atoms with E-state index in [4.69, 9.17) is 0 Å². The molecule has 0 amide bonds. The monoisotopic (exact) mass is 329 g/mol. The van der Waals surface area contributed by atoms with Crippen molar-refractivity contribution >= 4 is 0 Å². The Labute approximate surface area is 137 Å². The summed E-state index contributed by atoms with van der Waals surface area (Å²) in [6.45, 7) is 0. The van der Waals surface area contributed by atoms with Crippen molar-refractivity contribution in [3.05, 3.63) is 94.8 Å². The molecule has 24 heavy (non-hydrogen) atoms. The van der Waals surface area contributed by atoms with E-state index in [9.17, 15) is 18.4 Å². The Morgan fingerprint density at radius 1 is 0.833 bits per heavy atom. The van der Waals surface area contributed by atoms with Crippen LogP contribution in [0.1, 0.15) is 16.7 Å². The topological polar surface area (TPSA) is 26.9 Å². The zero-order valence-electron chi connectivity index (χ0n) is 12.6. The molecule has 0 aliphatic carbocycles. The second-order valence-corrected chi connectivity index (χ2v) is 5.45. The van der Waals surface area contributed by atoms with Gasteiger partial charge in [-0.25, -0.2) is 0 Å². The molecule has 2 nitrogen and oxygen atoms in total. The number of hydrogen-bond donors (Lipinski definition) is 0. The van der Waals surface area contributed by atoms with Crippen LogP contribution < -0.4 is 4.73 Å². The molecular weight excluding hydrogens is 315 g/mol. The summed E-state index contributed by atoms with van der Waals surface area (Å²) < 4.78 is 38.8. The molecule has 5 heteroatoms. The molecule has 0 N–H and O–H groups in total. The molecule has 0 aliphatic rings. The van der Waals surface area contributed by atoms with Crippen LogP contribution in [0.2, 0.25) is 0 Å². The molecule has 3 rings (SSSR count). The zero-order valence-corrected chi connectivity index (χ0v) is 12.6. The van der Waals surface area contributed by atoms with E-state index in [0.717, 1.165) is 23.3 Å². The van der Waals surface area contributed by atoms with Gasteiger partial charge in [-0.1, -0.05) is 30.3 Å². The van der Waals surface area contributed by atoms with Gasteiger partial charge in [-0.05, 0) is 35.9 Å². The molecule has 0 bridgehead atoms. The number of benzene rings is 2. The predicted octanol–water partition coefficient (Wildman–Crippen LogP) is 4.60. The van der Waals surface area contributed by atoms with Crippen LogP contribution in [0.5, 0.6) is 0 Å². The minimum absolute atomic E-state index is 0.370.